The first kappa shape index (κ1) is 16.1. The topological polar surface area (TPSA) is 57.7 Å². The molecule has 0 radical (unpaired) electrons. The van der Waals surface area contributed by atoms with E-state index in [2.05, 4.69) is 0 Å². The SMILES string of the molecule is CN1C(=O)Cc2cc(S(=O)(=O)N3CCCc4cccc(F)c43)ccc21. The first-order valence-electron chi connectivity index (χ1n) is 8.09. The van der Waals surface area contributed by atoms with Crippen LogP contribution in [0.25, 0.3) is 0 Å². The van der Waals surface area contributed by atoms with Gasteiger partial charge in [0.05, 0.1) is 17.0 Å². The number of anilines is 2. The largest absolute Gasteiger partial charge is 0.315 e. The molecule has 0 aromatic heterocycles. The van der Waals surface area contributed by atoms with E-state index in [9.17, 15) is 17.6 Å². The highest BCUT2D eigenvalue weighted by Gasteiger charge is 2.33. The van der Waals surface area contributed by atoms with Crippen LogP contribution < -0.4 is 9.21 Å². The van der Waals surface area contributed by atoms with Gasteiger partial charge in [-0.15, -0.1) is 0 Å². The monoisotopic (exact) mass is 360 g/mol. The van der Waals surface area contributed by atoms with Crippen molar-refractivity contribution in [3.8, 4) is 0 Å². The minimum atomic E-state index is -3.89. The fourth-order valence-corrected chi connectivity index (χ4v) is 5.14. The minimum Gasteiger partial charge on any atom is -0.315 e. The van der Waals surface area contributed by atoms with Crippen LogP contribution in [0.5, 0.6) is 0 Å². The van der Waals surface area contributed by atoms with Crippen molar-refractivity contribution >= 4 is 27.3 Å². The molecular formula is C18H17FN2O3S. The summed E-state index contributed by atoms with van der Waals surface area (Å²) in [6, 6.07) is 9.29. The fraction of sp³-hybridized carbons (Fsp3) is 0.278. The first-order valence-corrected chi connectivity index (χ1v) is 9.53. The number of para-hydroxylation sites is 1. The number of carbonyl (C=O) groups excluding carboxylic acids is 1. The second-order valence-corrected chi connectivity index (χ2v) is 8.21. The van der Waals surface area contributed by atoms with Gasteiger partial charge in [0.25, 0.3) is 10.0 Å². The summed E-state index contributed by atoms with van der Waals surface area (Å²) in [5.74, 6) is -0.601. The molecule has 0 aliphatic carbocycles. The van der Waals surface area contributed by atoms with Gasteiger partial charge in [0, 0.05) is 19.3 Å². The summed E-state index contributed by atoms with van der Waals surface area (Å²) in [6.07, 6.45) is 1.48. The lowest BCUT2D eigenvalue weighted by molar-refractivity contribution is -0.117. The van der Waals surface area contributed by atoms with Crippen LogP contribution in [0.1, 0.15) is 17.5 Å². The van der Waals surface area contributed by atoms with Crippen molar-refractivity contribution in [3.63, 3.8) is 0 Å². The smallest absolute Gasteiger partial charge is 0.264 e. The number of carbonyl (C=O) groups is 1. The molecule has 5 nitrogen and oxygen atoms in total. The maximum absolute atomic E-state index is 14.3. The number of rotatable bonds is 2. The number of aryl methyl sites for hydroxylation is 1. The molecule has 1 amide bonds. The summed E-state index contributed by atoms with van der Waals surface area (Å²) in [5.41, 5.74) is 2.24. The number of likely N-dealkylation sites (N-methyl/N-ethyl adjacent to an activating group) is 1. The molecule has 0 spiro atoms. The van der Waals surface area contributed by atoms with E-state index < -0.39 is 15.8 Å². The predicted octanol–water partition coefficient (Wildman–Crippen LogP) is 2.49. The molecule has 7 heteroatoms. The summed E-state index contributed by atoms with van der Waals surface area (Å²) in [5, 5.41) is 0. The lowest BCUT2D eigenvalue weighted by Gasteiger charge is -2.30. The van der Waals surface area contributed by atoms with Crippen LogP contribution >= 0.6 is 0 Å². The summed E-state index contributed by atoms with van der Waals surface area (Å²) in [6.45, 7) is 0.242. The summed E-state index contributed by atoms with van der Waals surface area (Å²) < 4.78 is 41.7. The van der Waals surface area contributed by atoms with E-state index in [1.807, 2.05) is 0 Å². The van der Waals surface area contributed by atoms with E-state index in [1.54, 1.807) is 25.2 Å². The molecule has 2 aliphatic rings. The van der Waals surface area contributed by atoms with Crippen molar-refractivity contribution in [1.29, 1.82) is 0 Å². The van der Waals surface area contributed by atoms with Crippen molar-refractivity contribution in [3.05, 3.63) is 53.3 Å². The molecule has 25 heavy (non-hydrogen) atoms. The third-order valence-electron chi connectivity index (χ3n) is 4.84. The predicted molar refractivity (Wildman–Crippen MR) is 92.8 cm³/mol. The Labute approximate surface area is 145 Å². The van der Waals surface area contributed by atoms with Gasteiger partial charge < -0.3 is 4.90 Å². The van der Waals surface area contributed by atoms with Gasteiger partial charge in [-0.3, -0.25) is 9.10 Å². The highest BCUT2D eigenvalue weighted by Crippen LogP contribution is 2.36. The van der Waals surface area contributed by atoms with Crippen molar-refractivity contribution in [2.75, 3.05) is 22.8 Å². The Hall–Kier alpha value is -2.41. The number of amides is 1. The quantitative estimate of drug-likeness (QED) is 0.827. The number of sulfonamides is 1. The standard InChI is InChI=1S/C18H17FN2O3S/c1-20-16-8-7-14(10-13(16)11-17(20)22)25(23,24)21-9-3-5-12-4-2-6-15(19)18(12)21/h2,4,6-8,10H,3,5,9,11H2,1H3. The number of fused-ring (bicyclic) bond motifs is 2. The Morgan fingerprint density at radius 2 is 1.92 bits per heavy atom. The number of halogens is 1. The zero-order chi connectivity index (χ0) is 17.8. The molecule has 2 aliphatic heterocycles. The third-order valence-corrected chi connectivity index (χ3v) is 6.64. The van der Waals surface area contributed by atoms with Gasteiger partial charge in [-0.25, -0.2) is 12.8 Å². The van der Waals surface area contributed by atoms with Gasteiger partial charge in [-0.2, -0.15) is 0 Å². The van der Waals surface area contributed by atoms with Gasteiger partial charge in [0.1, 0.15) is 5.82 Å². The Kier molecular flexibility index (Phi) is 3.57. The zero-order valence-electron chi connectivity index (χ0n) is 13.7. The van der Waals surface area contributed by atoms with Crippen molar-refractivity contribution in [2.45, 2.75) is 24.2 Å². The van der Waals surface area contributed by atoms with Crippen molar-refractivity contribution in [1.82, 2.24) is 0 Å². The number of hydrogen-bond acceptors (Lipinski definition) is 3. The Morgan fingerprint density at radius 3 is 2.72 bits per heavy atom. The molecule has 0 unspecified atom stereocenters. The molecule has 0 N–H and O–H groups in total. The van der Waals surface area contributed by atoms with Crippen LogP contribution in [0.2, 0.25) is 0 Å². The van der Waals surface area contributed by atoms with Crippen LogP contribution in [0.3, 0.4) is 0 Å². The molecule has 0 bridgehead atoms. The highest BCUT2D eigenvalue weighted by molar-refractivity contribution is 7.92. The van der Waals surface area contributed by atoms with Gasteiger partial charge in [0.15, 0.2) is 0 Å². The molecule has 130 valence electrons. The first-order chi connectivity index (χ1) is 11.9. The molecule has 2 heterocycles. The average Bonchev–Trinajstić information content (AvgIpc) is 2.88. The zero-order valence-corrected chi connectivity index (χ0v) is 14.5. The number of nitrogens with zero attached hydrogens (tertiary/aromatic N) is 2. The Bertz CT molecular complexity index is 988. The second-order valence-electron chi connectivity index (χ2n) is 6.35. The number of hydrogen-bond donors (Lipinski definition) is 0. The van der Waals surface area contributed by atoms with Gasteiger partial charge in [-0.05, 0) is 48.2 Å². The normalized spacial score (nSPS) is 16.8. The van der Waals surface area contributed by atoms with E-state index in [4.69, 9.17) is 0 Å². The summed E-state index contributed by atoms with van der Waals surface area (Å²) in [4.78, 5) is 13.4. The summed E-state index contributed by atoms with van der Waals surface area (Å²) in [7, 11) is -2.23. The van der Waals surface area contributed by atoms with E-state index in [0.717, 1.165) is 4.31 Å². The van der Waals surface area contributed by atoms with Gasteiger partial charge in [-0.1, -0.05) is 12.1 Å². The van der Waals surface area contributed by atoms with E-state index in [0.29, 0.717) is 29.7 Å². The van der Waals surface area contributed by atoms with E-state index >= 15 is 0 Å². The van der Waals surface area contributed by atoms with Gasteiger partial charge in [0.2, 0.25) is 5.91 Å². The minimum absolute atomic E-state index is 0.0705. The maximum Gasteiger partial charge on any atom is 0.264 e. The lowest BCUT2D eigenvalue weighted by Crippen LogP contribution is -2.36. The average molecular weight is 360 g/mol. The van der Waals surface area contributed by atoms with E-state index in [1.165, 1.54) is 23.1 Å². The number of benzene rings is 2. The van der Waals surface area contributed by atoms with Crippen LogP contribution in [0, 0.1) is 5.82 Å². The Morgan fingerprint density at radius 1 is 1.12 bits per heavy atom. The van der Waals surface area contributed by atoms with Crippen molar-refractivity contribution in [2.24, 2.45) is 0 Å². The van der Waals surface area contributed by atoms with Crippen molar-refractivity contribution < 1.29 is 17.6 Å². The Balaban J connectivity index is 1.80. The molecule has 0 fully saturated rings. The van der Waals surface area contributed by atoms with Gasteiger partial charge >= 0.3 is 0 Å². The molecule has 0 saturated carbocycles. The molecule has 2 aromatic carbocycles. The lowest BCUT2D eigenvalue weighted by atomic mass is 10.0. The molecule has 0 atom stereocenters. The molecule has 2 aromatic rings. The summed E-state index contributed by atoms with van der Waals surface area (Å²) >= 11 is 0. The highest BCUT2D eigenvalue weighted by atomic mass is 32.2. The van der Waals surface area contributed by atoms with Crippen LogP contribution in [0.15, 0.2) is 41.3 Å². The molecular weight excluding hydrogens is 343 g/mol. The molecule has 0 saturated heterocycles. The van der Waals surface area contributed by atoms with Crippen LogP contribution in [0.4, 0.5) is 15.8 Å². The maximum atomic E-state index is 14.3. The second kappa shape index (κ2) is 5.56. The third kappa shape index (κ3) is 2.41. The van der Waals surface area contributed by atoms with E-state index in [-0.39, 0.29) is 29.5 Å². The van der Waals surface area contributed by atoms with Crippen LogP contribution in [-0.2, 0) is 27.7 Å². The fourth-order valence-electron chi connectivity index (χ4n) is 3.54. The van der Waals surface area contributed by atoms with Crippen LogP contribution in [-0.4, -0.2) is 27.9 Å². The molecule has 4 rings (SSSR count).